The van der Waals surface area contributed by atoms with E-state index in [9.17, 15) is 19.5 Å². The van der Waals surface area contributed by atoms with Gasteiger partial charge in [0, 0.05) is 48.7 Å². The van der Waals surface area contributed by atoms with Crippen LogP contribution in [0.5, 0.6) is 0 Å². The number of anilines is 2. The Kier molecular flexibility index (Phi) is 10.3. The molecule has 1 aromatic heterocycles. The van der Waals surface area contributed by atoms with E-state index in [-0.39, 0.29) is 18.9 Å². The van der Waals surface area contributed by atoms with Crippen molar-refractivity contribution in [3.63, 3.8) is 0 Å². The fourth-order valence-corrected chi connectivity index (χ4v) is 5.53. The van der Waals surface area contributed by atoms with Crippen molar-refractivity contribution >= 4 is 29.2 Å². The Morgan fingerprint density at radius 1 is 0.706 bits per heavy atom. The van der Waals surface area contributed by atoms with Gasteiger partial charge in [-0.05, 0) is 77.7 Å². The van der Waals surface area contributed by atoms with Crippen LogP contribution in [0.25, 0.3) is 34.0 Å². The molecule has 0 aliphatic rings. The number of carboxylic acid groups (broad SMARTS) is 1. The predicted octanol–water partition coefficient (Wildman–Crippen LogP) is 7.35. The van der Waals surface area contributed by atoms with Gasteiger partial charge in [0.25, 0.3) is 11.8 Å². The van der Waals surface area contributed by atoms with Gasteiger partial charge in [0.2, 0.25) is 11.7 Å². The van der Waals surface area contributed by atoms with Crippen molar-refractivity contribution in [2.45, 2.75) is 19.9 Å². The normalized spacial score (nSPS) is 10.8. The topological polar surface area (TPSA) is 129 Å². The molecule has 256 valence electrons. The summed E-state index contributed by atoms with van der Waals surface area (Å²) in [6.07, 6.45) is 0.205. The number of carbonyl (C=O) groups excluding carboxylic acids is 2. The second-order valence-electron chi connectivity index (χ2n) is 12.5. The van der Waals surface area contributed by atoms with E-state index < -0.39 is 18.4 Å². The van der Waals surface area contributed by atoms with Crippen LogP contribution < -0.4 is 10.2 Å². The van der Waals surface area contributed by atoms with Crippen LogP contribution in [0.15, 0.2) is 126 Å². The van der Waals surface area contributed by atoms with Crippen LogP contribution in [0.1, 0.15) is 27.0 Å². The van der Waals surface area contributed by atoms with E-state index in [1.807, 2.05) is 79.7 Å². The van der Waals surface area contributed by atoms with Crippen LogP contribution >= 0.6 is 0 Å². The number of rotatable bonds is 12. The van der Waals surface area contributed by atoms with Crippen molar-refractivity contribution in [1.29, 1.82) is 0 Å². The SMILES string of the molecule is Cc1ccc(-c2ccc(-c3nc(-c4ccc(CN(CC(=O)O)C(=O)c5ccc(NC(=O)Cc6ccc(N(C)C)cc6)cc5)cc4)no3)cc2)cc1. The molecule has 10 heteroatoms. The smallest absolute Gasteiger partial charge is 0.323 e. The monoisotopic (exact) mass is 679 g/mol. The minimum Gasteiger partial charge on any atom is -0.480 e. The molecule has 0 saturated carbocycles. The molecule has 1 heterocycles. The molecule has 2 N–H and O–H groups in total. The van der Waals surface area contributed by atoms with Gasteiger partial charge in [-0.1, -0.05) is 83.5 Å². The summed E-state index contributed by atoms with van der Waals surface area (Å²) in [7, 11) is 3.91. The van der Waals surface area contributed by atoms with Gasteiger partial charge in [0.1, 0.15) is 6.54 Å². The zero-order valence-corrected chi connectivity index (χ0v) is 28.5. The summed E-state index contributed by atoms with van der Waals surface area (Å²) in [6.45, 7) is 1.65. The van der Waals surface area contributed by atoms with E-state index in [2.05, 4.69) is 46.6 Å². The number of aliphatic carboxylic acids is 1. The third kappa shape index (κ3) is 8.73. The van der Waals surface area contributed by atoms with Gasteiger partial charge in [-0.15, -0.1) is 0 Å². The van der Waals surface area contributed by atoms with Gasteiger partial charge >= 0.3 is 5.97 Å². The molecule has 0 bridgehead atoms. The molecule has 51 heavy (non-hydrogen) atoms. The fourth-order valence-electron chi connectivity index (χ4n) is 5.53. The first-order chi connectivity index (χ1) is 24.6. The summed E-state index contributed by atoms with van der Waals surface area (Å²) in [6, 6.07) is 37.6. The molecule has 0 atom stereocenters. The zero-order valence-electron chi connectivity index (χ0n) is 28.5. The van der Waals surface area contributed by atoms with Gasteiger partial charge in [-0.25, -0.2) is 0 Å². The highest BCUT2D eigenvalue weighted by Crippen LogP contribution is 2.27. The number of carboxylic acids is 1. The van der Waals surface area contributed by atoms with Crippen molar-refractivity contribution in [1.82, 2.24) is 15.0 Å². The van der Waals surface area contributed by atoms with Gasteiger partial charge in [0.05, 0.1) is 6.42 Å². The molecule has 0 spiro atoms. The molecule has 0 radical (unpaired) electrons. The average molecular weight is 680 g/mol. The predicted molar refractivity (Wildman–Crippen MR) is 197 cm³/mol. The number of carbonyl (C=O) groups is 3. The standard InChI is InChI=1S/C41H37N5O5/c1-27-4-10-30(11-5-27)31-14-16-33(17-15-31)40-43-39(44-51-40)32-12-6-29(7-13-32)25-46(26-38(48)49)41(50)34-18-20-35(21-19-34)42-37(47)24-28-8-22-36(23-9-28)45(2)3/h4-23H,24-26H2,1-3H3,(H,42,47)(H,48,49). The lowest BCUT2D eigenvalue weighted by Crippen LogP contribution is -2.35. The van der Waals surface area contributed by atoms with Gasteiger partial charge < -0.3 is 24.7 Å². The molecule has 0 aliphatic heterocycles. The highest BCUT2D eigenvalue weighted by Gasteiger charge is 2.20. The van der Waals surface area contributed by atoms with E-state index in [0.717, 1.165) is 33.5 Å². The van der Waals surface area contributed by atoms with Gasteiger partial charge in [-0.2, -0.15) is 4.98 Å². The quantitative estimate of drug-likeness (QED) is 0.137. The molecular formula is C41H37N5O5. The van der Waals surface area contributed by atoms with Crippen LogP contribution in [0.2, 0.25) is 0 Å². The second kappa shape index (κ2) is 15.3. The number of aryl methyl sites for hydroxylation is 1. The summed E-state index contributed by atoms with van der Waals surface area (Å²) in [5.74, 6) is -0.965. The molecule has 10 nitrogen and oxygen atoms in total. The Hall–Kier alpha value is -6.55. The Bertz CT molecular complexity index is 2120. The molecule has 6 aromatic rings. The first-order valence-electron chi connectivity index (χ1n) is 16.4. The number of amides is 2. The summed E-state index contributed by atoms with van der Waals surface area (Å²) in [5, 5.41) is 16.6. The molecule has 2 amide bonds. The molecule has 0 aliphatic carbocycles. The Labute approximate surface area is 296 Å². The summed E-state index contributed by atoms with van der Waals surface area (Å²) in [4.78, 5) is 45.6. The minimum atomic E-state index is -1.13. The fraction of sp³-hybridized carbons (Fsp3) is 0.146. The molecule has 5 aromatic carbocycles. The average Bonchev–Trinajstić information content (AvgIpc) is 3.63. The van der Waals surface area contributed by atoms with Crippen molar-refractivity contribution < 1.29 is 24.0 Å². The maximum atomic E-state index is 13.4. The maximum Gasteiger partial charge on any atom is 0.323 e. The van der Waals surface area contributed by atoms with E-state index in [0.29, 0.717) is 28.5 Å². The van der Waals surface area contributed by atoms with E-state index in [1.165, 1.54) is 10.5 Å². The Morgan fingerprint density at radius 2 is 1.27 bits per heavy atom. The van der Waals surface area contributed by atoms with Crippen LogP contribution in [0, 0.1) is 6.92 Å². The lowest BCUT2D eigenvalue weighted by Gasteiger charge is -2.21. The molecule has 0 saturated heterocycles. The van der Waals surface area contributed by atoms with Crippen LogP contribution in [0.3, 0.4) is 0 Å². The Balaban J connectivity index is 1.07. The highest BCUT2D eigenvalue weighted by atomic mass is 16.5. The lowest BCUT2D eigenvalue weighted by atomic mass is 10.0. The van der Waals surface area contributed by atoms with Crippen LogP contribution in [-0.4, -0.2) is 58.6 Å². The van der Waals surface area contributed by atoms with Gasteiger partial charge in [0.15, 0.2) is 0 Å². The third-order valence-corrected chi connectivity index (χ3v) is 8.37. The number of benzene rings is 5. The third-order valence-electron chi connectivity index (χ3n) is 8.37. The van der Waals surface area contributed by atoms with Crippen molar-refractivity contribution in [3.8, 4) is 34.0 Å². The Morgan fingerprint density at radius 3 is 1.88 bits per heavy atom. The molecule has 0 fully saturated rings. The van der Waals surface area contributed by atoms with Crippen molar-refractivity contribution in [3.05, 3.63) is 144 Å². The molecule has 6 rings (SSSR count). The highest BCUT2D eigenvalue weighted by molar-refractivity contribution is 5.97. The lowest BCUT2D eigenvalue weighted by molar-refractivity contribution is -0.137. The summed E-state index contributed by atoms with van der Waals surface area (Å²) in [5.41, 5.74) is 8.41. The number of nitrogens with one attached hydrogen (secondary N) is 1. The zero-order chi connectivity index (χ0) is 35.9. The van der Waals surface area contributed by atoms with Crippen molar-refractivity contribution in [2.75, 3.05) is 30.9 Å². The number of hydrogen-bond donors (Lipinski definition) is 2. The first-order valence-corrected chi connectivity index (χ1v) is 16.4. The molecular weight excluding hydrogens is 642 g/mol. The minimum absolute atomic E-state index is 0.0708. The number of hydrogen-bond acceptors (Lipinski definition) is 7. The van der Waals surface area contributed by atoms with Crippen LogP contribution in [-0.2, 0) is 22.6 Å². The number of aromatic nitrogens is 2. The second-order valence-corrected chi connectivity index (χ2v) is 12.5. The van der Waals surface area contributed by atoms with Gasteiger partial charge in [-0.3, -0.25) is 14.4 Å². The van der Waals surface area contributed by atoms with E-state index in [4.69, 9.17) is 4.52 Å². The number of nitrogens with zero attached hydrogens (tertiary/aromatic N) is 4. The van der Waals surface area contributed by atoms with Crippen molar-refractivity contribution in [2.24, 2.45) is 0 Å². The summed E-state index contributed by atoms with van der Waals surface area (Å²) < 4.78 is 5.55. The molecule has 0 unspecified atom stereocenters. The van der Waals surface area contributed by atoms with E-state index >= 15 is 0 Å². The maximum absolute atomic E-state index is 13.4. The van der Waals surface area contributed by atoms with E-state index in [1.54, 1.807) is 36.4 Å². The summed E-state index contributed by atoms with van der Waals surface area (Å²) >= 11 is 0. The first kappa shape index (κ1) is 34.3. The van der Waals surface area contributed by atoms with Crippen LogP contribution in [0.4, 0.5) is 11.4 Å². The largest absolute Gasteiger partial charge is 0.480 e.